The molecular weight excluding hydrogens is 256 g/mol. The van der Waals surface area contributed by atoms with Crippen molar-refractivity contribution in [2.24, 2.45) is 13.0 Å². The van der Waals surface area contributed by atoms with Crippen molar-refractivity contribution < 1.29 is 5.11 Å². The van der Waals surface area contributed by atoms with E-state index >= 15 is 0 Å². The molecule has 1 atom stereocenters. The van der Waals surface area contributed by atoms with Gasteiger partial charge < -0.3 is 5.11 Å². The summed E-state index contributed by atoms with van der Waals surface area (Å²) in [5.41, 5.74) is 2.12. The van der Waals surface area contributed by atoms with Gasteiger partial charge in [0.1, 0.15) is 0 Å². The van der Waals surface area contributed by atoms with Gasteiger partial charge in [0.05, 0.1) is 17.3 Å². The highest BCUT2D eigenvalue weighted by molar-refractivity contribution is 7.99. The fraction of sp³-hybridized carbons (Fsp3) is 0.533. The number of aromatic nitrogens is 2. The van der Waals surface area contributed by atoms with E-state index in [1.54, 1.807) is 0 Å². The monoisotopic (exact) mass is 278 g/mol. The number of hydrogen-bond donors (Lipinski definition) is 1. The standard InChI is InChI=1S/C15H22N2OS/c1-11(2)9-19-10-12(18)8-14-13-6-4-5-7-15(13)17(3)16-14/h4-7,11-12,18H,8-10H2,1-3H3. The lowest BCUT2D eigenvalue weighted by Crippen LogP contribution is -2.15. The van der Waals surface area contributed by atoms with E-state index in [0.29, 0.717) is 12.3 Å². The Morgan fingerprint density at radius 1 is 1.26 bits per heavy atom. The number of fused-ring (bicyclic) bond motifs is 1. The minimum atomic E-state index is -0.318. The smallest absolute Gasteiger partial charge is 0.0729 e. The van der Waals surface area contributed by atoms with Gasteiger partial charge in [-0.05, 0) is 17.7 Å². The number of nitrogens with zero attached hydrogens (tertiary/aromatic N) is 2. The maximum absolute atomic E-state index is 10.1. The molecule has 0 spiro atoms. The first-order valence-electron chi connectivity index (χ1n) is 6.74. The molecule has 0 radical (unpaired) electrons. The molecule has 0 amide bonds. The number of hydrogen-bond acceptors (Lipinski definition) is 3. The van der Waals surface area contributed by atoms with E-state index in [2.05, 4.69) is 31.1 Å². The van der Waals surface area contributed by atoms with Crippen molar-refractivity contribution in [2.45, 2.75) is 26.4 Å². The first-order valence-corrected chi connectivity index (χ1v) is 7.90. The quantitative estimate of drug-likeness (QED) is 0.883. The largest absolute Gasteiger partial charge is 0.392 e. The fourth-order valence-corrected chi connectivity index (χ4v) is 3.16. The number of para-hydroxylation sites is 1. The van der Waals surface area contributed by atoms with Gasteiger partial charge in [-0.2, -0.15) is 16.9 Å². The molecule has 1 unspecified atom stereocenters. The van der Waals surface area contributed by atoms with Crippen LogP contribution in [0.5, 0.6) is 0 Å². The molecule has 104 valence electrons. The van der Waals surface area contributed by atoms with Crippen LogP contribution in [-0.2, 0) is 13.5 Å². The number of aliphatic hydroxyl groups is 1. The maximum Gasteiger partial charge on any atom is 0.0729 e. The van der Waals surface area contributed by atoms with Gasteiger partial charge >= 0.3 is 0 Å². The third-order valence-electron chi connectivity index (χ3n) is 3.02. The van der Waals surface area contributed by atoms with Crippen LogP contribution in [-0.4, -0.2) is 32.5 Å². The zero-order valence-electron chi connectivity index (χ0n) is 11.8. The van der Waals surface area contributed by atoms with Crippen LogP contribution >= 0.6 is 11.8 Å². The maximum atomic E-state index is 10.1. The van der Waals surface area contributed by atoms with Crippen molar-refractivity contribution in [3.05, 3.63) is 30.0 Å². The lowest BCUT2D eigenvalue weighted by molar-refractivity contribution is 0.199. The molecule has 4 heteroatoms. The topological polar surface area (TPSA) is 38.1 Å². The molecule has 1 heterocycles. The highest BCUT2D eigenvalue weighted by atomic mass is 32.2. The van der Waals surface area contributed by atoms with E-state index in [1.165, 1.54) is 0 Å². The summed E-state index contributed by atoms with van der Waals surface area (Å²) in [6.07, 6.45) is 0.314. The second kappa shape index (κ2) is 6.44. The SMILES string of the molecule is CC(C)CSCC(O)Cc1nn(C)c2ccccc12. The zero-order chi connectivity index (χ0) is 13.8. The summed E-state index contributed by atoms with van der Waals surface area (Å²) in [7, 11) is 1.95. The molecule has 2 aromatic rings. The van der Waals surface area contributed by atoms with E-state index in [1.807, 2.05) is 35.6 Å². The van der Waals surface area contributed by atoms with E-state index in [0.717, 1.165) is 28.1 Å². The molecule has 19 heavy (non-hydrogen) atoms. The Bertz CT molecular complexity index is 536. The predicted octanol–water partition coefficient (Wildman–Crippen LogP) is 2.87. The first-order chi connectivity index (χ1) is 9.08. The number of aryl methyl sites for hydroxylation is 1. The van der Waals surface area contributed by atoms with E-state index in [4.69, 9.17) is 0 Å². The second-order valence-electron chi connectivity index (χ2n) is 5.38. The molecule has 0 saturated heterocycles. The van der Waals surface area contributed by atoms with Gasteiger partial charge in [0, 0.05) is 24.6 Å². The van der Waals surface area contributed by atoms with Crippen LogP contribution in [0.2, 0.25) is 0 Å². The van der Waals surface area contributed by atoms with Crippen LogP contribution in [0.3, 0.4) is 0 Å². The van der Waals surface area contributed by atoms with E-state index < -0.39 is 0 Å². The van der Waals surface area contributed by atoms with Crippen LogP contribution in [0, 0.1) is 5.92 Å². The van der Waals surface area contributed by atoms with Crippen molar-refractivity contribution in [3.8, 4) is 0 Å². The molecule has 0 aliphatic carbocycles. The highest BCUT2D eigenvalue weighted by Gasteiger charge is 2.13. The summed E-state index contributed by atoms with van der Waals surface area (Å²) in [6, 6.07) is 8.17. The van der Waals surface area contributed by atoms with Crippen LogP contribution < -0.4 is 0 Å². The number of rotatable bonds is 6. The Morgan fingerprint density at radius 3 is 2.74 bits per heavy atom. The third-order valence-corrected chi connectivity index (χ3v) is 4.55. The molecule has 0 fully saturated rings. The van der Waals surface area contributed by atoms with Crippen molar-refractivity contribution in [1.29, 1.82) is 0 Å². The molecule has 0 saturated carbocycles. The Morgan fingerprint density at radius 2 is 2.00 bits per heavy atom. The Hall–Kier alpha value is -1.00. The van der Waals surface area contributed by atoms with Gasteiger partial charge in [0.2, 0.25) is 0 Å². The summed E-state index contributed by atoms with van der Waals surface area (Å²) in [4.78, 5) is 0. The summed E-state index contributed by atoms with van der Waals surface area (Å²) < 4.78 is 1.89. The van der Waals surface area contributed by atoms with Crippen molar-refractivity contribution in [3.63, 3.8) is 0 Å². The average Bonchev–Trinajstić information content (AvgIpc) is 2.66. The van der Waals surface area contributed by atoms with Gasteiger partial charge in [-0.25, -0.2) is 0 Å². The average molecular weight is 278 g/mol. The minimum Gasteiger partial charge on any atom is -0.392 e. The Kier molecular flexibility index (Phi) is 4.88. The lowest BCUT2D eigenvalue weighted by atomic mass is 10.1. The molecule has 0 aliphatic rings. The third kappa shape index (κ3) is 3.74. The number of benzene rings is 1. The number of aliphatic hydroxyl groups excluding tert-OH is 1. The van der Waals surface area contributed by atoms with Crippen LogP contribution in [0.1, 0.15) is 19.5 Å². The van der Waals surface area contributed by atoms with Crippen molar-refractivity contribution in [1.82, 2.24) is 9.78 Å². The van der Waals surface area contributed by atoms with Gasteiger partial charge in [-0.1, -0.05) is 32.0 Å². The van der Waals surface area contributed by atoms with Crippen LogP contribution in [0.15, 0.2) is 24.3 Å². The fourth-order valence-electron chi connectivity index (χ4n) is 2.16. The summed E-state index contributed by atoms with van der Waals surface area (Å²) in [6.45, 7) is 4.40. The molecule has 0 bridgehead atoms. The van der Waals surface area contributed by atoms with Gasteiger partial charge in [-0.3, -0.25) is 4.68 Å². The summed E-state index contributed by atoms with van der Waals surface area (Å²) in [5, 5.41) is 15.8. The Labute approximate surface area is 119 Å². The van der Waals surface area contributed by atoms with Gasteiger partial charge in [0.15, 0.2) is 0 Å². The molecule has 3 nitrogen and oxygen atoms in total. The second-order valence-corrected chi connectivity index (χ2v) is 6.45. The molecule has 2 rings (SSSR count). The lowest BCUT2D eigenvalue weighted by Gasteiger charge is -2.10. The minimum absolute atomic E-state index is 0.318. The zero-order valence-corrected chi connectivity index (χ0v) is 12.7. The molecule has 1 aromatic carbocycles. The van der Waals surface area contributed by atoms with Gasteiger partial charge in [0.25, 0.3) is 0 Å². The number of thioether (sulfide) groups is 1. The van der Waals surface area contributed by atoms with Crippen molar-refractivity contribution in [2.75, 3.05) is 11.5 Å². The molecular formula is C15H22N2OS. The molecule has 0 aliphatic heterocycles. The molecule has 1 aromatic heterocycles. The van der Waals surface area contributed by atoms with Crippen LogP contribution in [0.25, 0.3) is 10.9 Å². The van der Waals surface area contributed by atoms with E-state index in [9.17, 15) is 5.11 Å². The molecule has 1 N–H and O–H groups in total. The van der Waals surface area contributed by atoms with Crippen LogP contribution in [0.4, 0.5) is 0 Å². The highest BCUT2D eigenvalue weighted by Crippen LogP contribution is 2.20. The predicted molar refractivity (Wildman–Crippen MR) is 82.6 cm³/mol. The normalized spacial score (nSPS) is 13.3. The Balaban J connectivity index is 2.01. The summed E-state index contributed by atoms with van der Waals surface area (Å²) in [5.74, 6) is 2.55. The first kappa shape index (κ1) is 14.4. The van der Waals surface area contributed by atoms with Crippen molar-refractivity contribution >= 4 is 22.7 Å². The van der Waals surface area contributed by atoms with Gasteiger partial charge in [-0.15, -0.1) is 0 Å². The van der Waals surface area contributed by atoms with E-state index in [-0.39, 0.29) is 6.10 Å². The summed E-state index contributed by atoms with van der Waals surface area (Å²) >= 11 is 1.82.